The highest BCUT2D eigenvalue weighted by molar-refractivity contribution is 5.79. The van der Waals surface area contributed by atoms with Crippen LogP contribution in [-0.4, -0.2) is 29.8 Å². The first-order valence-electron chi connectivity index (χ1n) is 6.81. The van der Waals surface area contributed by atoms with Gasteiger partial charge in [-0.1, -0.05) is 41.9 Å². The summed E-state index contributed by atoms with van der Waals surface area (Å²) < 4.78 is 0. The fraction of sp³-hybridized carbons (Fsp3) is 0.467. The second-order valence-corrected chi connectivity index (χ2v) is 4.75. The van der Waals surface area contributed by atoms with Crippen molar-refractivity contribution in [3.8, 4) is 0 Å². The van der Waals surface area contributed by atoms with Gasteiger partial charge in [-0.25, -0.2) is 0 Å². The normalized spacial score (nSPS) is 18.4. The van der Waals surface area contributed by atoms with Crippen molar-refractivity contribution >= 4 is 12.1 Å². The van der Waals surface area contributed by atoms with Crippen LogP contribution < -0.4 is 0 Å². The Morgan fingerprint density at radius 1 is 1.26 bits per heavy atom. The first-order valence-corrected chi connectivity index (χ1v) is 6.81. The molecule has 0 saturated carbocycles. The van der Waals surface area contributed by atoms with Crippen LogP contribution in [0.15, 0.2) is 35.5 Å². The Hall–Kier alpha value is -1.84. The predicted octanol–water partition coefficient (Wildman–Crippen LogP) is 2.79. The number of hydrogen-bond acceptors (Lipinski definition) is 3. The molecule has 1 amide bonds. The van der Waals surface area contributed by atoms with Crippen molar-refractivity contribution in [2.45, 2.75) is 38.8 Å². The van der Waals surface area contributed by atoms with Crippen molar-refractivity contribution in [2.24, 2.45) is 5.16 Å². The van der Waals surface area contributed by atoms with Gasteiger partial charge in [-0.2, -0.15) is 0 Å². The van der Waals surface area contributed by atoms with E-state index in [1.807, 2.05) is 37.3 Å². The Bertz CT molecular complexity index is 431. The van der Waals surface area contributed by atoms with E-state index < -0.39 is 0 Å². The third-order valence-corrected chi connectivity index (χ3v) is 3.26. The van der Waals surface area contributed by atoms with Crippen LogP contribution in [0.4, 0.5) is 0 Å². The summed E-state index contributed by atoms with van der Waals surface area (Å²) in [5, 5.41) is 3.96. The lowest BCUT2D eigenvalue weighted by molar-refractivity contribution is -0.143. The van der Waals surface area contributed by atoms with Crippen LogP contribution in [0.2, 0.25) is 0 Å². The topological polar surface area (TPSA) is 41.9 Å². The molecule has 0 bridgehead atoms. The number of benzene rings is 1. The standard InChI is InChI=1S/C15H20N2O2/c1-13(17-11-7-3-6-10-15(17)18)19-16-12-14-8-4-2-5-9-14/h2,4-5,8-9,12-13H,3,6-7,10-11H2,1H3/b16-12+. The zero-order valence-corrected chi connectivity index (χ0v) is 11.3. The molecule has 1 aliphatic rings. The van der Waals surface area contributed by atoms with Crippen molar-refractivity contribution in [3.63, 3.8) is 0 Å². The summed E-state index contributed by atoms with van der Waals surface area (Å²) in [7, 11) is 0. The molecule has 4 heteroatoms. The minimum absolute atomic E-state index is 0.167. The van der Waals surface area contributed by atoms with E-state index in [-0.39, 0.29) is 12.1 Å². The first kappa shape index (κ1) is 13.6. The summed E-state index contributed by atoms with van der Waals surface area (Å²) in [5.74, 6) is 0.167. The molecule has 102 valence electrons. The maximum absolute atomic E-state index is 11.9. The predicted molar refractivity (Wildman–Crippen MR) is 74.8 cm³/mol. The van der Waals surface area contributed by atoms with E-state index in [2.05, 4.69) is 5.16 Å². The van der Waals surface area contributed by atoms with Gasteiger partial charge in [0.1, 0.15) is 0 Å². The number of rotatable bonds is 4. The Kier molecular flexibility index (Phi) is 4.95. The highest BCUT2D eigenvalue weighted by atomic mass is 16.6. The molecule has 1 aromatic carbocycles. The number of carbonyl (C=O) groups excluding carboxylic acids is 1. The molecule has 0 N–H and O–H groups in total. The number of oxime groups is 1. The summed E-state index contributed by atoms with van der Waals surface area (Å²) in [6, 6.07) is 9.76. The van der Waals surface area contributed by atoms with Gasteiger partial charge < -0.3 is 9.74 Å². The van der Waals surface area contributed by atoms with E-state index in [9.17, 15) is 4.79 Å². The van der Waals surface area contributed by atoms with E-state index >= 15 is 0 Å². The summed E-state index contributed by atoms with van der Waals surface area (Å²) in [5.41, 5.74) is 0.983. The van der Waals surface area contributed by atoms with Crippen LogP contribution in [0.25, 0.3) is 0 Å². The Morgan fingerprint density at radius 3 is 2.84 bits per heavy atom. The SMILES string of the molecule is CC(O/N=C/c1ccccc1)N1CCCCCC1=O. The van der Waals surface area contributed by atoms with E-state index in [4.69, 9.17) is 4.84 Å². The average Bonchev–Trinajstić information content (AvgIpc) is 2.64. The summed E-state index contributed by atoms with van der Waals surface area (Å²) >= 11 is 0. The molecule has 0 radical (unpaired) electrons. The molecule has 0 aliphatic carbocycles. The number of likely N-dealkylation sites (tertiary alicyclic amines) is 1. The van der Waals surface area contributed by atoms with Gasteiger partial charge >= 0.3 is 0 Å². The van der Waals surface area contributed by atoms with E-state index in [0.717, 1.165) is 31.4 Å². The summed E-state index contributed by atoms with van der Waals surface area (Å²) in [6.45, 7) is 2.63. The van der Waals surface area contributed by atoms with Gasteiger partial charge in [-0.15, -0.1) is 0 Å². The minimum Gasteiger partial charge on any atom is -0.371 e. The van der Waals surface area contributed by atoms with Crippen LogP contribution in [0.1, 0.15) is 38.2 Å². The third kappa shape index (κ3) is 4.09. The molecular formula is C15H20N2O2. The first-order chi connectivity index (χ1) is 9.27. The summed E-state index contributed by atoms with van der Waals surface area (Å²) in [4.78, 5) is 19.0. The molecule has 1 aromatic rings. The van der Waals surface area contributed by atoms with Crippen LogP contribution in [0.3, 0.4) is 0 Å². The maximum Gasteiger partial charge on any atom is 0.225 e. The largest absolute Gasteiger partial charge is 0.371 e. The number of carbonyl (C=O) groups is 1. The molecule has 4 nitrogen and oxygen atoms in total. The van der Waals surface area contributed by atoms with Gasteiger partial charge in [0.2, 0.25) is 5.91 Å². The number of nitrogens with zero attached hydrogens (tertiary/aromatic N) is 2. The minimum atomic E-state index is -0.300. The van der Waals surface area contributed by atoms with Gasteiger partial charge in [0.05, 0.1) is 6.21 Å². The maximum atomic E-state index is 11.9. The highest BCUT2D eigenvalue weighted by Gasteiger charge is 2.22. The number of amides is 1. The molecule has 1 aliphatic heterocycles. The molecule has 1 saturated heterocycles. The van der Waals surface area contributed by atoms with E-state index in [0.29, 0.717) is 6.42 Å². The van der Waals surface area contributed by atoms with Gasteiger partial charge in [0, 0.05) is 13.0 Å². The summed E-state index contributed by atoms with van der Waals surface area (Å²) in [6.07, 6.45) is 5.12. The highest BCUT2D eigenvalue weighted by Crippen LogP contribution is 2.14. The Labute approximate surface area is 114 Å². The lowest BCUT2D eigenvalue weighted by Crippen LogP contribution is -2.39. The van der Waals surface area contributed by atoms with Crippen LogP contribution in [0, 0.1) is 0 Å². The molecule has 0 spiro atoms. The fourth-order valence-electron chi connectivity index (χ4n) is 2.16. The molecule has 0 aromatic heterocycles. The van der Waals surface area contributed by atoms with Crippen molar-refractivity contribution in [1.29, 1.82) is 0 Å². The molecule has 1 fully saturated rings. The van der Waals surface area contributed by atoms with Crippen molar-refractivity contribution in [2.75, 3.05) is 6.54 Å². The van der Waals surface area contributed by atoms with Gasteiger partial charge in [-0.05, 0) is 25.3 Å². The smallest absolute Gasteiger partial charge is 0.225 e. The second kappa shape index (κ2) is 6.92. The molecular weight excluding hydrogens is 240 g/mol. The molecule has 1 unspecified atom stereocenters. The average molecular weight is 260 g/mol. The lowest BCUT2D eigenvalue weighted by Gasteiger charge is -2.25. The van der Waals surface area contributed by atoms with Crippen molar-refractivity contribution < 1.29 is 9.63 Å². The van der Waals surface area contributed by atoms with Crippen LogP contribution >= 0.6 is 0 Å². The zero-order chi connectivity index (χ0) is 13.5. The van der Waals surface area contributed by atoms with Crippen LogP contribution in [0.5, 0.6) is 0 Å². The monoisotopic (exact) mass is 260 g/mol. The Balaban J connectivity index is 1.88. The second-order valence-electron chi connectivity index (χ2n) is 4.75. The molecule has 19 heavy (non-hydrogen) atoms. The van der Waals surface area contributed by atoms with Crippen molar-refractivity contribution in [1.82, 2.24) is 4.90 Å². The Morgan fingerprint density at radius 2 is 2.05 bits per heavy atom. The molecule has 1 heterocycles. The van der Waals surface area contributed by atoms with E-state index in [1.54, 1.807) is 11.1 Å². The zero-order valence-electron chi connectivity index (χ0n) is 11.3. The molecule has 1 atom stereocenters. The van der Waals surface area contributed by atoms with Crippen LogP contribution in [-0.2, 0) is 9.63 Å². The van der Waals surface area contributed by atoms with Gasteiger partial charge in [0.15, 0.2) is 6.23 Å². The van der Waals surface area contributed by atoms with E-state index in [1.165, 1.54) is 0 Å². The van der Waals surface area contributed by atoms with Gasteiger partial charge in [0.25, 0.3) is 0 Å². The third-order valence-electron chi connectivity index (χ3n) is 3.26. The fourth-order valence-corrected chi connectivity index (χ4v) is 2.16. The van der Waals surface area contributed by atoms with Gasteiger partial charge in [-0.3, -0.25) is 4.79 Å². The molecule has 2 rings (SSSR count). The quantitative estimate of drug-likeness (QED) is 0.617. The lowest BCUT2D eigenvalue weighted by atomic mass is 10.2. The number of hydrogen-bond donors (Lipinski definition) is 0. The van der Waals surface area contributed by atoms with Crippen molar-refractivity contribution in [3.05, 3.63) is 35.9 Å².